The minimum absolute atomic E-state index is 0.604. The Kier molecular flexibility index (Phi) is 3.54. The molecule has 0 saturated heterocycles. The number of benzene rings is 1. The molecule has 1 N–H and O–H groups in total. The molecule has 0 bridgehead atoms. The molecule has 104 valence electrons. The summed E-state index contributed by atoms with van der Waals surface area (Å²) in [5.74, 6) is 1.67. The Morgan fingerprint density at radius 3 is 2.85 bits per heavy atom. The molecule has 1 aromatic heterocycles. The number of anilines is 3. The largest absolute Gasteiger partial charge is 0.367 e. The van der Waals surface area contributed by atoms with Gasteiger partial charge in [-0.2, -0.15) is 4.98 Å². The van der Waals surface area contributed by atoms with Gasteiger partial charge in [-0.15, -0.1) is 0 Å². The molecule has 1 aromatic carbocycles. The van der Waals surface area contributed by atoms with Gasteiger partial charge in [0.05, 0.1) is 0 Å². The molecule has 1 aliphatic carbocycles. The summed E-state index contributed by atoms with van der Waals surface area (Å²) in [4.78, 5) is 11.2. The molecule has 0 atom stereocenters. The fourth-order valence-corrected chi connectivity index (χ4v) is 2.23. The summed E-state index contributed by atoms with van der Waals surface area (Å²) in [6, 6.07) is 11.0. The van der Waals surface area contributed by atoms with Gasteiger partial charge in [0.15, 0.2) is 0 Å². The molecule has 4 heteroatoms. The van der Waals surface area contributed by atoms with E-state index in [1.54, 1.807) is 0 Å². The van der Waals surface area contributed by atoms with Gasteiger partial charge in [-0.05, 0) is 50.5 Å². The van der Waals surface area contributed by atoms with Crippen molar-refractivity contribution in [1.29, 1.82) is 0 Å². The van der Waals surface area contributed by atoms with E-state index in [1.807, 2.05) is 12.3 Å². The van der Waals surface area contributed by atoms with Crippen molar-refractivity contribution in [2.75, 3.05) is 16.8 Å². The molecular formula is C16H20N4. The van der Waals surface area contributed by atoms with Gasteiger partial charge < -0.3 is 10.2 Å². The summed E-state index contributed by atoms with van der Waals surface area (Å²) in [5, 5.41) is 3.42. The fourth-order valence-electron chi connectivity index (χ4n) is 2.23. The van der Waals surface area contributed by atoms with Crippen molar-refractivity contribution in [3.05, 3.63) is 42.1 Å². The predicted octanol–water partition coefficient (Wildman–Crippen LogP) is 3.52. The number of nitrogens with one attached hydrogen (secondary N) is 1. The van der Waals surface area contributed by atoms with Crippen LogP contribution in [0, 0.1) is 6.92 Å². The van der Waals surface area contributed by atoms with E-state index < -0.39 is 0 Å². The van der Waals surface area contributed by atoms with Crippen LogP contribution in [0.4, 0.5) is 17.5 Å². The summed E-state index contributed by atoms with van der Waals surface area (Å²) in [6.07, 6.45) is 4.31. The third kappa shape index (κ3) is 2.90. The van der Waals surface area contributed by atoms with E-state index in [0.717, 1.165) is 24.0 Å². The minimum Gasteiger partial charge on any atom is -0.367 e. The van der Waals surface area contributed by atoms with Crippen molar-refractivity contribution in [3.63, 3.8) is 0 Å². The summed E-state index contributed by atoms with van der Waals surface area (Å²) in [6.45, 7) is 5.06. The molecule has 20 heavy (non-hydrogen) atoms. The lowest BCUT2D eigenvalue weighted by Crippen LogP contribution is -2.19. The maximum Gasteiger partial charge on any atom is 0.231 e. The first-order valence-electron chi connectivity index (χ1n) is 7.20. The highest BCUT2D eigenvalue weighted by molar-refractivity contribution is 5.59. The third-order valence-electron chi connectivity index (χ3n) is 3.44. The van der Waals surface area contributed by atoms with E-state index in [2.05, 4.69) is 58.3 Å². The smallest absolute Gasteiger partial charge is 0.231 e. The topological polar surface area (TPSA) is 41.1 Å². The van der Waals surface area contributed by atoms with Crippen molar-refractivity contribution < 1.29 is 0 Å². The van der Waals surface area contributed by atoms with Crippen molar-refractivity contribution >= 4 is 17.5 Å². The highest BCUT2D eigenvalue weighted by Gasteiger charge is 2.21. The summed E-state index contributed by atoms with van der Waals surface area (Å²) in [5.41, 5.74) is 2.38. The highest BCUT2D eigenvalue weighted by Crippen LogP contribution is 2.26. The van der Waals surface area contributed by atoms with Crippen LogP contribution in [0.3, 0.4) is 0 Å². The van der Waals surface area contributed by atoms with Gasteiger partial charge in [0, 0.05) is 24.5 Å². The zero-order valence-corrected chi connectivity index (χ0v) is 12.0. The number of hydrogen-bond donors (Lipinski definition) is 1. The second-order valence-electron chi connectivity index (χ2n) is 5.24. The Labute approximate surface area is 119 Å². The first-order valence-corrected chi connectivity index (χ1v) is 7.20. The van der Waals surface area contributed by atoms with Crippen molar-refractivity contribution in [1.82, 2.24) is 9.97 Å². The number of aromatic nitrogens is 2. The molecule has 0 unspecified atom stereocenters. The van der Waals surface area contributed by atoms with Crippen LogP contribution in [0.15, 0.2) is 36.5 Å². The van der Waals surface area contributed by atoms with Gasteiger partial charge in [0.25, 0.3) is 0 Å². The molecule has 0 radical (unpaired) electrons. The predicted molar refractivity (Wildman–Crippen MR) is 82.5 cm³/mol. The Bertz CT molecular complexity index is 593. The van der Waals surface area contributed by atoms with Crippen LogP contribution in [-0.2, 0) is 0 Å². The van der Waals surface area contributed by atoms with Crippen molar-refractivity contribution in [3.8, 4) is 0 Å². The minimum atomic E-state index is 0.604. The number of hydrogen-bond acceptors (Lipinski definition) is 4. The second-order valence-corrected chi connectivity index (χ2v) is 5.24. The van der Waals surface area contributed by atoms with Crippen molar-refractivity contribution in [2.45, 2.75) is 32.7 Å². The number of rotatable bonds is 5. The number of aryl methyl sites for hydroxylation is 1. The Morgan fingerprint density at radius 2 is 2.15 bits per heavy atom. The summed E-state index contributed by atoms with van der Waals surface area (Å²) in [7, 11) is 0. The van der Waals surface area contributed by atoms with E-state index in [1.165, 1.54) is 18.4 Å². The van der Waals surface area contributed by atoms with Crippen LogP contribution in [0.25, 0.3) is 0 Å². The average Bonchev–Trinajstić information content (AvgIpc) is 3.24. The lowest BCUT2D eigenvalue weighted by Gasteiger charge is -2.21. The molecule has 0 aliphatic heterocycles. The van der Waals surface area contributed by atoms with Crippen LogP contribution in [-0.4, -0.2) is 22.6 Å². The lowest BCUT2D eigenvalue weighted by molar-refractivity contribution is 0.941. The zero-order valence-electron chi connectivity index (χ0n) is 12.0. The molecule has 4 nitrogen and oxygen atoms in total. The molecule has 0 spiro atoms. The van der Waals surface area contributed by atoms with Gasteiger partial charge in [-0.1, -0.05) is 12.1 Å². The first kappa shape index (κ1) is 12.9. The normalized spacial score (nSPS) is 14.1. The molecule has 0 amide bonds. The van der Waals surface area contributed by atoms with Crippen molar-refractivity contribution in [2.24, 2.45) is 0 Å². The van der Waals surface area contributed by atoms with Gasteiger partial charge in [0.2, 0.25) is 5.95 Å². The first-order chi connectivity index (χ1) is 9.76. The Balaban J connectivity index is 1.88. The van der Waals surface area contributed by atoms with E-state index in [9.17, 15) is 0 Å². The van der Waals surface area contributed by atoms with Crippen LogP contribution in [0.2, 0.25) is 0 Å². The summed E-state index contributed by atoms with van der Waals surface area (Å²) >= 11 is 0. The Hall–Kier alpha value is -2.10. The third-order valence-corrected chi connectivity index (χ3v) is 3.44. The Morgan fingerprint density at radius 1 is 1.30 bits per heavy atom. The molecule has 1 heterocycles. The van der Waals surface area contributed by atoms with Gasteiger partial charge >= 0.3 is 0 Å². The van der Waals surface area contributed by atoms with Gasteiger partial charge in [-0.25, -0.2) is 4.98 Å². The van der Waals surface area contributed by atoms with E-state index in [4.69, 9.17) is 0 Å². The van der Waals surface area contributed by atoms with Crippen LogP contribution in [0.5, 0.6) is 0 Å². The lowest BCUT2D eigenvalue weighted by atomic mass is 10.2. The van der Waals surface area contributed by atoms with E-state index in [-0.39, 0.29) is 0 Å². The second kappa shape index (κ2) is 5.49. The highest BCUT2D eigenvalue weighted by atomic mass is 15.3. The SMILES string of the molecule is CCN(c1cccc(C)c1)c1nccc(NC2CC2)n1. The van der Waals surface area contributed by atoms with E-state index in [0.29, 0.717) is 6.04 Å². The zero-order chi connectivity index (χ0) is 13.9. The fraction of sp³-hybridized carbons (Fsp3) is 0.375. The molecule has 3 rings (SSSR count). The average molecular weight is 268 g/mol. The standard InChI is InChI=1S/C16H20N4/c1-3-20(14-6-4-5-12(2)11-14)16-17-10-9-15(19-16)18-13-7-8-13/h4-6,9-11,13H,3,7-8H2,1-2H3,(H,17,18,19). The van der Waals surface area contributed by atoms with Crippen LogP contribution >= 0.6 is 0 Å². The van der Waals surface area contributed by atoms with Gasteiger partial charge in [0.1, 0.15) is 5.82 Å². The molecular weight excluding hydrogens is 248 g/mol. The molecule has 1 fully saturated rings. The summed E-state index contributed by atoms with van der Waals surface area (Å²) < 4.78 is 0. The number of nitrogens with zero attached hydrogens (tertiary/aromatic N) is 3. The molecule has 2 aromatic rings. The maximum absolute atomic E-state index is 4.63. The molecule has 1 saturated carbocycles. The maximum atomic E-state index is 4.63. The molecule has 1 aliphatic rings. The van der Waals surface area contributed by atoms with Crippen LogP contribution < -0.4 is 10.2 Å². The monoisotopic (exact) mass is 268 g/mol. The quantitative estimate of drug-likeness (QED) is 0.901. The van der Waals surface area contributed by atoms with E-state index >= 15 is 0 Å². The van der Waals surface area contributed by atoms with Crippen LogP contribution in [0.1, 0.15) is 25.3 Å². The van der Waals surface area contributed by atoms with Gasteiger partial charge in [-0.3, -0.25) is 0 Å².